The number of aromatic nitrogens is 2. The zero-order valence-electron chi connectivity index (χ0n) is 15.1. The number of benzene rings is 3. The standard InChI is InChI=1S/C22H15ClFN3O2/c23-16-8-6-14(7-9-16)12-20(28)25-27-22(29)18-11-10-17(24)13-19(18)21(26-27)15-4-2-1-3-5-15/h1-11,13H,12H2,(H,25,28). The van der Waals surface area contributed by atoms with Gasteiger partial charge >= 0.3 is 0 Å². The minimum Gasteiger partial charge on any atom is -0.273 e. The van der Waals surface area contributed by atoms with E-state index in [4.69, 9.17) is 11.6 Å². The Bertz CT molecular complexity index is 1260. The van der Waals surface area contributed by atoms with Crippen LogP contribution in [0.15, 0.2) is 77.6 Å². The lowest BCUT2D eigenvalue weighted by Gasteiger charge is -2.12. The topological polar surface area (TPSA) is 64.0 Å². The maximum absolute atomic E-state index is 13.8. The summed E-state index contributed by atoms with van der Waals surface area (Å²) >= 11 is 5.86. The molecular formula is C22H15ClFN3O2. The average molecular weight is 408 g/mol. The van der Waals surface area contributed by atoms with Crippen LogP contribution >= 0.6 is 11.6 Å². The van der Waals surface area contributed by atoms with E-state index in [-0.39, 0.29) is 11.8 Å². The number of nitrogens with zero attached hydrogens (tertiary/aromatic N) is 2. The molecule has 29 heavy (non-hydrogen) atoms. The largest absolute Gasteiger partial charge is 0.294 e. The number of nitrogens with one attached hydrogen (secondary N) is 1. The molecule has 0 aliphatic heterocycles. The van der Waals surface area contributed by atoms with Gasteiger partial charge in [-0.05, 0) is 35.9 Å². The van der Waals surface area contributed by atoms with Crippen molar-refractivity contribution in [3.8, 4) is 11.3 Å². The van der Waals surface area contributed by atoms with E-state index < -0.39 is 17.3 Å². The van der Waals surface area contributed by atoms with Gasteiger partial charge in [0.15, 0.2) is 0 Å². The Balaban J connectivity index is 1.75. The Morgan fingerprint density at radius 3 is 2.45 bits per heavy atom. The quantitative estimate of drug-likeness (QED) is 0.552. The maximum atomic E-state index is 13.8. The van der Waals surface area contributed by atoms with E-state index in [1.54, 1.807) is 36.4 Å². The molecule has 1 aromatic heterocycles. The number of fused-ring (bicyclic) bond motifs is 1. The van der Waals surface area contributed by atoms with Gasteiger partial charge in [-0.1, -0.05) is 54.1 Å². The van der Waals surface area contributed by atoms with Crippen LogP contribution in [-0.4, -0.2) is 15.8 Å². The molecule has 7 heteroatoms. The van der Waals surface area contributed by atoms with Gasteiger partial charge in [-0.2, -0.15) is 0 Å². The van der Waals surface area contributed by atoms with Gasteiger partial charge in [0.25, 0.3) is 5.56 Å². The summed E-state index contributed by atoms with van der Waals surface area (Å²) in [6, 6.07) is 19.8. The Morgan fingerprint density at radius 1 is 1.00 bits per heavy atom. The molecule has 0 atom stereocenters. The first-order valence-corrected chi connectivity index (χ1v) is 9.21. The monoisotopic (exact) mass is 407 g/mol. The second kappa shape index (κ2) is 7.85. The van der Waals surface area contributed by atoms with E-state index in [1.165, 1.54) is 18.2 Å². The number of halogens is 2. The molecule has 1 amide bonds. The Morgan fingerprint density at radius 2 is 1.72 bits per heavy atom. The molecule has 3 aromatic carbocycles. The van der Waals surface area contributed by atoms with Crippen LogP contribution in [0.4, 0.5) is 4.39 Å². The Labute approximate surface area is 170 Å². The molecule has 0 saturated heterocycles. The van der Waals surface area contributed by atoms with E-state index in [9.17, 15) is 14.0 Å². The molecule has 0 spiro atoms. The van der Waals surface area contributed by atoms with E-state index in [0.717, 1.165) is 10.4 Å². The van der Waals surface area contributed by atoms with Crippen molar-refractivity contribution in [2.75, 3.05) is 5.43 Å². The molecule has 0 radical (unpaired) electrons. The van der Waals surface area contributed by atoms with E-state index >= 15 is 0 Å². The molecule has 4 rings (SSSR count). The first kappa shape index (κ1) is 18.8. The number of carbonyl (C=O) groups excluding carboxylic acids is 1. The first-order chi connectivity index (χ1) is 14.0. The molecule has 5 nitrogen and oxygen atoms in total. The molecule has 0 bridgehead atoms. The fourth-order valence-electron chi connectivity index (χ4n) is 3.04. The van der Waals surface area contributed by atoms with Gasteiger partial charge in [-0.3, -0.25) is 9.59 Å². The molecule has 0 aliphatic rings. The van der Waals surface area contributed by atoms with Crippen molar-refractivity contribution in [3.05, 3.63) is 99.6 Å². The van der Waals surface area contributed by atoms with Crippen LogP contribution in [0.1, 0.15) is 5.56 Å². The lowest BCUT2D eigenvalue weighted by Crippen LogP contribution is -2.36. The molecule has 0 saturated carbocycles. The molecule has 1 N–H and O–H groups in total. The lowest BCUT2D eigenvalue weighted by atomic mass is 10.1. The highest BCUT2D eigenvalue weighted by Gasteiger charge is 2.15. The third-order valence-corrected chi connectivity index (χ3v) is 4.67. The van der Waals surface area contributed by atoms with Crippen LogP contribution in [0.3, 0.4) is 0 Å². The van der Waals surface area contributed by atoms with Gasteiger partial charge in [0, 0.05) is 16.0 Å². The third-order valence-electron chi connectivity index (χ3n) is 4.42. The number of rotatable bonds is 4. The van der Waals surface area contributed by atoms with E-state index in [0.29, 0.717) is 21.7 Å². The lowest BCUT2D eigenvalue weighted by molar-refractivity contribution is -0.116. The van der Waals surface area contributed by atoms with Gasteiger partial charge in [0.05, 0.1) is 11.8 Å². The van der Waals surface area contributed by atoms with Crippen molar-refractivity contribution in [1.29, 1.82) is 0 Å². The zero-order valence-corrected chi connectivity index (χ0v) is 15.9. The third kappa shape index (κ3) is 4.02. The second-order valence-electron chi connectivity index (χ2n) is 6.46. The number of carbonyl (C=O) groups is 1. The normalized spacial score (nSPS) is 10.8. The molecule has 1 heterocycles. The summed E-state index contributed by atoms with van der Waals surface area (Å²) in [5, 5.41) is 5.50. The highest BCUT2D eigenvalue weighted by Crippen LogP contribution is 2.25. The summed E-state index contributed by atoms with van der Waals surface area (Å²) in [7, 11) is 0. The van der Waals surface area contributed by atoms with Crippen molar-refractivity contribution in [1.82, 2.24) is 9.89 Å². The number of hydrogen-bond donors (Lipinski definition) is 1. The summed E-state index contributed by atoms with van der Waals surface area (Å²) in [5.74, 6) is -0.886. The molecule has 0 aliphatic carbocycles. The van der Waals surface area contributed by atoms with Crippen molar-refractivity contribution >= 4 is 28.3 Å². The van der Waals surface area contributed by atoms with Gasteiger partial charge in [0.2, 0.25) is 5.91 Å². The summed E-state index contributed by atoms with van der Waals surface area (Å²) in [6.07, 6.45) is 0.0490. The van der Waals surface area contributed by atoms with Crippen LogP contribution in [0.25, 0.3) is 22.0 Å². The molecule has 4 aromatic rings. The van der Waals surface area contributed by atoms with Gasteiger partial charge in [0.1, 0.15) is 11.5 Å². The summed E-state index contributed by atoms with van der Waals surface area (Å²) in [4.78, 5) is 26.2. The highest BCUT2D eigenvalue weighted by atomic mass is 35.5. The second-order valence-corrected chi connectivity index (χ2v) is 6.90. The van der Waals surface area contributed by atoms with E-state index in [2.05, 4.69) is 10.5 Å². The minimum atomic E-state index is -0.538. The predicted octanol–water partition coefficient (Wildman–Crippen LogP) is 4.17. The SMILES string of the molecule is O=C(Cc1ccc(Cl)cc1)Nn1nc(-c2ccccc2)c2cc(F)ccc2c1=O. The number of amides is 1. The molecular weight excluding hydrogens is 393 g/mol. The zero-order chi connectivity index (χ0) is 20.4. The van der Waals surface area contributed by atoms with Gasteiger partial charge in [-0.15, -0.1) is 9.89 Å². The minimum absolute atomic E-state index is 0.0490. The van der Waals surface area contributed by atoms with Crippen LogP contribution in [0.5, 0.6) is 0 Å². The average Bonchev–Trinajstić information content (AvgIpc) is 2.72. The Kier molecular flexibility index (Phi) is 5.10. The predicted molar refractivity (Wildman–Crippen MR) is 111 cm³/mol. The van der Waals surface area contributed by atoms with Crippen LogP contribution in [-0.2, 0) is 11.2 Å². The van der Waals surface area contributed by atoms with Crippen molar-refractivity contribution in [2.45, 2.75) is 6.42 Å². The summed E-state index contributed by atoms with van der Waals surface area (Å²) < 4.78 is 13.8. The molecule has 144 valence electrons. The van der Waals surface area contributed by atoms with Gasteiger partial charge < -0.3 is 0 Å². The summed E-state index contributed by atoms with van der Waals surface area (Å²) in [5.41, 5.74) is 3.81. The van der Waals surface area contributed by atoms with Crippen molar-refractivity contribution in [2.24, 2.45) is 0 Å². The number of hydrogen-bond acceptors (Lipinski definition) is 3. The smallest absolute Gasteiger partial charge is 0.273 e. The fraction of sp³-hybridized carbons (Fsp3) is 0.0455. The first-order valence-electron chi connectivity index (χ1n) is 8.83. The van der Waals surface area contributed by atoms with Crippen molar-refractivity contribution < 1.29 is 9.18 Å². The Hall–Kier alpha value is -3.51. The van der Waals surface area contributed by atoms with Gasteiger partial charge in [-0.25, -0.2) is 9.82 Å². The van der Waals surface area contributed by atoms with Crippen LogP contribution < -0.4 is 11.0 Å². The highest BCUT2D eigenvalue weighted by molar-refractivity contribution is 6.30. The van der Waals surface area contributed by atoms with Crippen LogP contribution in [0.2, 0.25) is 5.02 Å². The molecule has 0 unspecified atom stereocenters. The maximum Gasteiger partial charge on any atom is 0.294 e. The van der Waals surface area contributed by atoms with E-state index in [1.807, 2.05) is 18.2 Å². The fourth-order valence-corrected chi connectivity index (χ4v) is 3.17. The van der Waals surface area contributed by atoms with Crippen molar-refractivity contribution in [3.63, 3.8) is 0 Å². The van der Waals surface area contributed by atoms with Crippen LogP contribution in [0, 0.1) is 5.82 Å². The molecule has 0 fully saturated rings. The summed E-state index contributed by atoms with van der Waals surface area (Å²) in [6.45, 7) is 0.